The van der Waals surface area contributed by atoms with E-state index in [0.29, 0.717) is 5.02 Å². The van der Waals surface area contributed by atoms with Gasteiger partial charge < -0.3 is 0 Å². The van der Waals surface area contributed by atoms with Gasteiger partial charge in [0.05, 0.1) is 16.3 Å². The third kappa shape index (κ3) is 4.75. The summed E-state index contributed by atoms with van der Waals surface area (Å²) in [7, 11) is 0. The van der Waals surface area contributed by atoms with Crippen molar-refractivity contribution in [3.8, 4) is 0 Å². The molecular weight excluding hydrogens is 327 g/mol. The minimum Gasteiger partial charge on any atom is -0.272 e. The molecule has 2 N–H and O–H groups in total. The molecule has 2 aromatic carbocycles. The highest BCUT2D eigenvalue weighted by Crippen LogP contribution is 2.17. The fourth-order valence-corrected chi connectivity index (χ4v) is 2.47. The summed E-state index contributed by atoms with van der Waals surface area (Å²) in [5, 5.41) is 0.301. The first-order valence-electron chi connectivity index (χ1n) is 6.28. The van der Waals surface area contributed by atoms with Gasteiger partial charge in [0.25, 0.3) is 5.91 Å². The molecule has 114 valence electrons. The van der Waals surface area contributed by atoms with Gasteiger partial charge in [-0.25, -0.2) is 4.39 Å². The molecule has 7 heteroatoms. The van der Waals surface area contributed by atoms with Crippen molar-refractivity contribution in [3.63, 3.8) is 0 Å². The van der Waals surface area contributed by atoms with Gasteiger partial charge in [-0.3, -0.25) is 20.4 Å². The van der Waals surface area contributed by atoms with E-state index in [1.165, 1.54) is 23.9 Å². The Kier molecular flexibility index (Phi) is 5.80. The second kappa shape index (κ2) is 7.82. The zero-order valence-electron chi connectivity index (χ0n) is 11.3. The molecule has 0 unspecified atom stereocenters. The first kappa shape index (κ1) is 16.3. The van der Waals surface area contributed by atoms with Crippen LogP contribution in [0.15, 0.2) is 53.4 Å². The summed E-state index contributed by atoms with van der Waals surface area (Å²) >= 11 is 7.11. The maximum atomic E-state index is 12.7. The average molecular weight is 339 g/mol. The molecule has 0 saturated carbocycles. The quantitative estimate of drug-likeness (QED) is 0.665. The molecule has 0 aliphatic rings. The maximum absolute atomic E-state index is 12.7. The van der Waals surface area contributed by atoms with E-state index in [-0.39, 0.29) is 23.0 Å². The predicted octanol–water partition coefficient (Wildman–Crippen LogP) is 3.03. The number of hydrogen-bond donors (Lipinski definition) is 2. The number of carbonyl (C=O) groups excluding carboxylic acids is 2. The largest absolute Gasteiger partial charge is 0.272 e. The molecular formula is C15H12ClFN2O2S. The molecule has 4 nitrogen and oxygen atoms in total. The van der Waals surface area contributed by atoms with Crippen molar-refractivity contribution >= 4 is 35.2 Å². The molecule has 2 aromatic rings. The third-order valence-corrected chi connectivity index (χ3v) is 3.96. The number of thioether (sulfide) groups is 1. The van der Waals surface area contributed by atoms with Gasteiger partial charge in [-0.05, 0) is 36.4 Å². The van der Waals surface area contributed by atoms with E-state index in [1.807, 2.05) is 0 Å². The molecule has 0 radical (unpaired) electrons. The predicted molar refractivity (Wildman–Crippen MR) is 84.2 cm³/mol. The average Bonchev–Trinajstić information content (AvgIpc) is 2.52. The number of hydrogen-bond acceptors (Lipinski definition) is 3. The van der Waals surface area contributed by atoms with Gasteiger partial charge in [0.15, 0.2) is 0 Å². The summed E-state index contributed by atoms with van der Waals surface area (Å²) in [5.41, 5.74) is 4.86. The van der Waals surface area contributed by atoms with Crippen LogP contribution in [0.1, 0.15) is 10.4 Å². The number of rotatable bonds is 4. The summed E-state index contributed by atoms with van der Waals surface area (Å²) in [6.45, 7) is 0. The van der Waals surface area contributed by atoms with E-state index in [4.69, 9.17) is 11.6 Å². The van der Waals surface area contributed by atoms with Gasteiger partial charge in [0.1, 0.15) is 5.82 Å². The van der Waals surface area contributed by atoms with E-state index in [2.05, 4.69) is 10.9 Å². The summed E-state index contributed by atoms with van der Waals surface area (Å²) < 4.78 is 12.7. The number of benzene rings is 2. The summed E-state index contributed by atoms with van der Waals surface area (Å²) in [4.78, 5) is 24.2. The monoisotopic (exact) mass is 338 g/mol. The lowest BCUT2D eigenvalue weighted by atomic mass is 10.2. The van der Waals surface area contributed by atoms with E-state index in [9.17, 15) is 14.0 Å². The lowest BCUT2D eigenvalue weighted by Crippen LogP contribution is -2.42. The zero-order chi connectivity index (χ0) is 15.9. The van der Waals surface area contributed by atoms with Gasteiger partial charge in [-0.1, -0.05) is 23.7 Å². The Balaban J connectivity index is 1.79. The van der Waals surface area contributed by atoms with Crippen LogP contribution in [0.4, 0.5) is 4.39 Å². The second-order valence-corrected chi connectivity index (χ2v) is 5.68. The van der Waals surface area contributed by atoms with Crippen LogP contribution in [0.2, 0.25) is 5.02 Å². The molecule has 0 spiro atoms. The molecule has 0 saturated heterocycles. The van der Waals surface area contributed by atoms with Crippen LogP contribution in [0.3, 0.4) is 0 Å². The van der Waals surface area contributed by atoms with Crippen LogP contribution in [-0.2, 0) is 4.79 Å². The number of halogens is 2. The number of hydrazine groups is 1. The van der Waals surface area contributed by atoms with Crippen LogP contribution < -0.4 is 10.9 Å². The Morgan fingerprint density at radius 1 is 1.05 bits per heavy atom. The normalized spacial score (nSPS) is 10.1. The van der Waals surface area contributed by atoms with E-state index >= 15 is 0 Å². The van der Waals surface area contributed by atoms with E-state index in [0.717, 1.165) is 4.90 Å². The van der Waals surface area contributed by atoms with Gasteiger partial charge in [0.2, 0.25) is 5.91 Å². The van der Waals surface area contributed by atoms with Crippen molar-refractivity contribution in [2.45, 2.75) is 4.90 Å². The van der Waals surface area contributed by atoms with Crippen LogP contribution >= 0.6 is 23.4 Å². The smallest absolute Gasteiger partial charge is 0.271 e. The molecule has 0 heterocycles. The van der Waals surface area contributed by atoms with Gasteiger partial charge >= 0.3 is 0 Å². The van der Waals surface area contributed by atoms with Crippen molar-refractivity contribution in [2.75, 3.05) is 5.75 Å². The number of nitrogens with one attached hydrogen (secondary N) is 2. The van der Waals surface area contributed by atoms with Crippen molar-refractivity contribution in [2.24, 2.45) is 0 Å². The maximum Gasteiger partial charge on any atom is 0.271 e. The Hall–Kier alpha value is -2.05. The Labute approximate surface area is 136 Å². The highest BCUT2D eigenvalue weighted by molar-refractivity contribution is 8.00. The minimum absolute atomic E-state index is 0.0917. The Bertz CT molecular complexity index is 679. The number of carbonyl (C=O) groups is 2. The SMILES string of the molecule is O=C(CSc1ccc(F)cc1)NNC(=O)c1ccccc1Cl. The van der Waals surface area contributed by atoms with Crippen LogP contribution in [0.25, 0.3) is 0 Å². The van der Waals surface area contributed by atoms with Crippen molar-refractivity contribution in [3.05, 3.63) is 64.9 Å². The topological polar surface area (TPSA) is 58.2 Å². The fourth-order valence-electron chi connectivity index (χ4n) is 1.55. The Morgan fingerprint density at radius 2 is 1.73 bits per heavy atom. The zero-order valence-corrected chi connectivity index (χ0v) is 12.9. The first-order chi connectivity index (χ1) is 10.6. The molecule has 0 atom stereocenters. The molecule has 0 aromatic heterocycles. The second-order valence-electron chi connectivity index (χ2n) is 4.22. The molecule has 22 heavy (non-hydrogen) atoms. The summed E-state index contributed by atoms with van der Waals surface area (Å²) in [6, 6.07) is 12.3. The number of amides is 2. The molecule has 2 rings (SSSR count). The third-order valence-electron chi connectivity index (χ3n) is 2.62. The van der Waals surface area contributed by atoms with Crippen LogP contribution in [-0.4, -0.2) is 17.6 Å². The van der Waals surface area contributed by atoms with E-state index < -0.39 is 5.91 Å². The first-order valence-corrected chi connectivity index (χ1v) is 7.64. The highest BCUT2D eigenvalue weighted by Gasteiger charge is 2.10. The fraction of sp³-hybridized carbons (Fsp3) is 0.0667. The molecule has 0 fully saturated rings. The molecule has 2 amide bonds. The van der Waals surface area contributed by atoms with Crippen LogP contribution in [0.5, 0.6) is 0 Å². The Morgan fingerprint density at radius 3 is 2.41 bits per heavy atom. The van der Waals surface area contributed by atoms with Crippen molar-refractivity contribution < 1.29 is 14.0 Å². The molecule has 0 bridgehead atoms. The lowest BCUT2D eigenvalue weighted by molar-refractivity contribution is -0.119. The molecule has 0 aliphatic heterocycles. The summed E-state index contributed by atoms with van der Waals surface area (Å²) in [6.07, 6.45) is 0. The highest BCUT2D eigenvalue weighted by atomic mass is 35.5. The van der Waals surface area contributed by atoms with Crippen LogP contribution in [0, 0.1) is 5.82 Å². The van der Waals surface area contributed by atoms with Crippen molar-refractivity contribution in [1.29, 1.82) is 0 Å². The summed E-state index contributed by atoms with van der Waals surface area (Å²) in [5.74, 6) is -1.12. The van der Waals surface area contributed by atoms with Gasteiger partial charge in [-0.2, -0.15) is 0 Å². The molecule has 0 aliphatic carbocycles. The van der Waals surface area contributed by atoms with Crippen molar-refractivity contribution in [1.82, 2.24) is 10.9 Å². The van der Waals surface area contributed by atoms with Gasteiger partial charge in [0, 0.05) is 4.90 Å². The van der Waals surface area contributed by atoms with Gasteiger partial charge in [-0.15, -0.1) is 11.8 Å². The van der Waals surface area contributed by atoms with E-state index in [1.54, 1.807) is 36.4 Å². The minimum atomic E-state index is -0.495. The standard InChI is InChI=1S/C15H12ClFN2O2S/c16-13-4-2-1-3-12(13)15(21)19-18-14(20)9-22-11-7-5-10(17)6-8-11/h1-8H,9H2,(H,18,20)(H,19,21). The lowest BCUT2D eigenvalue weighted by Gasteiger charge is -2.08.